The standard InChI is InChI=1S/C34H39NO3/c1-5-34(6-2,28-12-11-27(24(3)20-28)16-19-33(38)17-8-7-9-18-33)29-13-14-30(25(4)21-29)31-15-10-26(23-35-31)22-32(36)37/h10-15,20-21,23,38H,5-9,17-18,22H2,1-4H3,(H,36,37). The molecule has 3 aromatic rings. The molecule has 0 amide bonds. The molecular formula is C34H39NO3. The molecule has 0 bridgehead atoms. The van der Waals surface area contributed by atoms with Crippen molar-refractivity contribution in [2.75, 3.05) is 0 Å². The van der Waals surface area contributed by atoms with Crippen molar-refractivity contribution >= 4 is 5.97 Å². The molecule has 1 fully saturated rings. The molecule has 198 valence electrons. The molecule has 1 aliphatic rings. The molecule has 1 aromatic heterocycles. The molecule has 0 atom stereocenters. The second-order valence-corrected chi connectivity index (χ2v) is 10.8. The van der Waals surface area contributed by atoms with Gasteiger partial charge in [-0.2, -0.15) is 0 Å². The Labute approximate surface area is 227 Å². The van der Waals surface area contributed by atoms with E-state index in [0.29, 0.717) is 5.56 Å². The maximum absolute atomic E-state index is 11.0. The number of hydrogen-bond donors (Lipinski definition) is 2. The van der Waals surface area contributed by atoms with E-state index in [2.05, 4.69) is 80.9 Å². The van der Waals surface area contributed by atoms with Gasteiger partial charge in [-0.25, -0.2) is 0 Å². The molecule has 0 spiro atoms. The summed E-state index contributed by atoms with van der Waals surface area (Å²) in [5.41, 5.74) is 7.46. The first-order valence-electron chi connectivity index (χ1n) is 13.8. The fourth-order valence-electron chi connectivity index (χ4n) is 5.89. The number of pyridine rings is 1. The van der Waals surface area contributed by atoms with E-state index in [-0.39, 0.29) is 11.8 Å². The van der Waals surface area contributed by atoms with Crippen molar-refractivity contribution in [3.05, 3.63) is 88.1 Å². The van der Waals surface area contributed by atoms with Crippen molar-refractivity contribution in [1.82, 2.24) is 4.98 Å². The Kier molecular flexibility index (Phi) is 8.38. The van der Waals surface area contributed by atoms with E-state index >= 15 is 0 Å². The summed E-state index contributed by atoms with van der Waals surface area (Å²) in [4.78, 5) is 15.5. The molecule has 0 aliphatic heterocycles. The van der Waals surface area contributed by atoms with Gasteiger partial charge in [0.25, 0.3) is 0 Å². The Morgan fingerprint density at radius 1 is 0.947 bits per heavy atom. The summed E-state index contributed by atoms with van der Waals surface area (Å²) in [5.74, 6) is 5.62. The summed E-state index contributed by atoms with van der Waals surface area (Å²) in [6.45, 7) is 8.72. The number of aliphatic carboxylic acids is 1. The molecule has 2 aromatic carbocycles. The van der Waals surface area contributed by atoms with Gasteiger partial charge in [-0.05, 0) is 92.3 Å². The largest absolute Gasteiger partial charge is 0.481 e. The van der Waals surface area contributed by atoms with Gasteiger partial charge in [0.2, 0.25) is 0 Å². The first-order chi connectivity index (χ1) is 18.2. The van der Waals surface area contributed by atoms with E-state index in [1.165, 1.54) is 17.5 Å². The monoisotopic (exact) mass is 509 g/mol. The number of carboxylic acids is 1. The fraction of sp³-hybridized carbons (Fsp3) is 0.412. The Balaban J connectivity index is 1.64. The maximum Gasteiger partial charge on any atom is 0.307 e. The van der Waals surface area contributed by atoms with E-state index in [0.717, 1.165) is 66.5 Å². The summed E-state index contributed by atoms with van der Waals surface area (Å²) >= 11 is 0. The molecule has 0 radical (unpaired) electrons. The zero-order valence-corrected chi connectivity index (χ0v) is 23.1. The average Bonchev–Trinajstić information content (AvgIpc) is 2.90. The molecule has 1 heterocycles. The SMILES string of the molecule is CCC(CC)(c1ccc(C#CC2(O)CCCCC2)c(C)c1)c1ccc(-c2ccc(CC(=O)O)cn2)c(C)c1. The Bertz CT molecular complexity index is 1350. The molecule has 0 saturated heterocycles. The number of carbonyl (C=O) groups is 1. The number of hydrogen-bond acceptors (Lipinski definition) is 3. The fourth-order valence-corrected chi connectivity index (χ4v) is 5.89. The maximum atomic E-state index is 11.0. The smallest absolute Gasteiger partial charge is 0.307 e. The molecule has 4 rings (SSSR count). The predicted molar refractivity (Wildman–Crippen MR) is 153 cm³/mol. The second kappa shape index (κ2) is 11.5. The van der Waals surface area contributed by atoms with E-state index in [1.54, 1.807) is 6.20 Å². The van der Waals surface area contributed by atoms with Gasteiger partial charge in [-0.15, -0.1) is 0 Å². The van der Waals surface area contributed by atoms with Gasteiger partial charge < -0.3 is 10.2 Å². The lowest BCUT2D eigenvalue weighted by atomic mass is 9.69. The molecule has 4 nitrogen and oxygen atoms in total. The van der Waals surface area contributed by atoms with Crippen LogP contribution in [0.3, 0.4) is 0 Å². The van der Waals surface area contributed by atoms with Gasteiger partial charge in [0, 0.05) is 22.7 Å². The summed E-state index contributed by atoms with van der Waals surface area (Å²) in [6, 6.07) is 17.0. The molecule has 1 aliphatic carbocycles. The quantitative estimate of drug-likeness (QED) is 0.332. The van der Waals surface area contributed by atoms with Gasteiger partial charge in [-0.1, -0.05) is 68.5 Å². The molecule has 0 unspecified atom stereocenters. The molecular weight excluding hydrogens is 470 g/mol. The molecule has 4 heteroatoms. The van der Waals surface area contributed by atoms with Crippen molar-refractivity contribution < 1.29 is 15.0 Å². The summed E-state index contributed by atoms with van der Waals surface area (Å²) in [6.07, 6.45) is 8.37. The highest BCUT2D eigenvalue weighted by atomic mass is 16.4. The van der Waals surface area contributed by atoms with E-state index in [1.807, 2.05) is 12.1 Å². The van der Waals surface area contributed by atoms with Crippen LogP contribution >= 0.6 is 0 Å². The number of aromatic nitrogens is 1. The summed E-state index contributed by atoms with van der Waals surface area (Å²) in [7, 11) is 0. The Hall–Kier alpha value is -3.42. The summed E-state index contributed by atoms with van der Waals surface area (Å²) < 4.78 is 0. The number of carboxylic acid groups (broad SMARTS) is 1. The molecule has 2 N–H and O–H groups in total. The number of aryl methyl sites for hydroxylation is 2. The van der Waals surface area contributed by atoms with Crippen LogP contribution in [0.25, 0.3) is 11.3 Å². The summed E-state index contributed by atoms with van der Waals surface area (Å²) in [5, 5.41) is 19.8. The molecule has 1 saturated carbocycles. The van der Waals surface area contributed by atoms with Crippen LogP contribution in [-0.2, 0) is 16.6 Å². The minimum absolute atomic E-state index is 0.0224. The highest BCUT2D eigenvalue weighted by Gasteiger charge is 2.31. The third kappa shape index (κ3) is 5.84. The van der Waals surface area contributed by atoms with Crippen molar-refractivity contribution in [2.45, 2.75) is 90.1 Å². The number of rotatable bonds is 7. The topological polar surface area (TPSA) is 70.4 Å². The second-order valence-electron chi connectivity index (χ2n) is 10.8. The van der Waals surface area contributed by atoms with Gasteiger partial charge in [0.15, 0.2) is 0 Å². The van der Waals surface area contributed by atoms with Gasteiger partial charge >= 0.3 is 5.97 Å². The van der Waals surface area contributed by atoms with Crippen molar-refractivity contribution in [3.8, 4) is 23.1 Å². The Morgan fingerprint density at radius 2 is 1.61 bits per heavy atom. The van der Waals surface area contributed by atoms with E-state index in [9.17, 15) is 9.90 Å². The highest BCUT2D eigenvalue weighted by Crippen LogP contribution is 2.41. The predicted octanol–water partition coefficient (Wildman–Crippen LogP) is 7.15. The van der Waals surface area contributed by atoms with Crippen LogP contribution in [0.2, 0.25) is 0 Å². The third-order valence-electron chi connectivity index (χ3n) is 8.33. The number of aliphatic hydroxyl groups is 1. The zero-order valence-electron chi connectivity index (χ0n) is 23.1. The van der Waals surface area contributed by atoms with Crippen LogP contribution in [0.4, 0.5) is 0 Å². The highest BCUT2D eigenvalue weighted by molar-refractivity contribution is 5.71. The normalized spacial score (nSPS) is 15.0. The number of benzene rings is 2. The Morgan fingerprint density at radius 3 is 2.16 bits per heavy atom. The van der Waals surface area contributed by atoms with Crippen LogP contribution in [-0.4, -0.2) is 26.8 Å². The lowest BCUT2D eigenvalue weighted by Crippen LogP contribution is -2.29. The first-order valence-corrected chi connectivity index (χ1v) is 13.8. The average molecular weight is 510 g/mol. The first kappa shape index (κ1) is 27.6. The lowest BCUT2D eigenvalue weighted by molar-refractivity contribution is -0.136. The van der Waals surface area contributed by atoms with Gasteiger partial charge in [0.1, 0.15) is 5.60 Å². The lowest BCUT2D eigenvalue weighted by Gasteiger charge is -2.34. The van der Waals surface area contributed by atoms with Gasteiger partial charge in [-0.3, -0.25) is 9.78 Å². The molecule has 38 heavy (non-hydrogen) atoms. The van der Waals surface area contributed by atoms with Crippen molar-refractivity contribution in [3.63, 3.8) is 0 Å². The van der Waals surface area contributed by atoms with Gasteiger partial charge in [0.05, 0.1) is 12.1 Å². The van der Waals surface area contributed by atoms with E-state index < -0.39 is 11.6 Å². The van der Waals surface area contributed by atoms with Crippen LogP contribution in [0.15, 0.2) is 54.7 Å². The van der Waals surface area contributed by atoms with Crippen LogP contribution in [0.5, 0.6) is 0 Å². The zero-order chi connectivity index (χ0) is 27.3. The minimum Gasteiger partial charge on any atom is -0.481 e. The van der Waals surface area contributed by atoms with E-state index in [4.69, 9.17) is 5.11 Å². The van der Waals surface area contributed by atoms with Crippen molar-refractivity contribution in [1.29, 1.82) is 0 Å². The minimum atomic E-state index is -0.854. The third-order valence-corrected chi connectivity index (χ3v) is 8.33. The van der Waals surface area contributed by atoms with Crippen LogP contribution in [0, 0.1) is 25.7 Å². The van der Waals surface area contributed by atoms with Crippen LogP contribution < -0.4 is 0 Å². The van der Waals surface area contributed by atoms with Crippen molar-refractivity contribution in [2.24, 2.45) is 0 Å². The number of nitrogens with zero attached hydrogens (tertiary/aromatic N) is 1. The van der Waals surface area contributed by atoms with Crippen LogP contribution in [0.1, 0.15) is 92.2 Å².